The van der Waals surface area contributed by atoms with Crippen LogP contribution in [0.2, 0.25) is 0 Å². The molecule has 0 radical (unpaired) electrons. The molecule has 1 rings (SSSR count). The first-order valence-corrected chi connectivity index (χ1v) is 5.62. The number of nitriles is 1. The highest BCUT2D eigenvalue weighted by Gasteiger charge is 2.05. The van der Waals surface area contributed by atoms with Crippen molar-refractivity contribution in [2.24, 2.45) is 0 Å². The van der Waals surface area contributed by atoms with Gasteiger partial charge in [-0.1, -0.05) is 6.07 Å². The van der Waals surface area contributed by atoms with Gasteiger partial charge in [0, 0.05) is 0 Å². The highest BCUT2D eigenvalue weighted by molar-refractivity contribution is 5.42. The first kappa shape index (κ1) is 14.3. The van der Waals surface area contributed by atoms with Crippen LogP contribution in [0.1, 0.15) is 12.0 Å². The minimum absolute atomic E-state index is 0.00831. The molecule has 0 atom stereocenters. The van der Waals surface area contributed by atoms with E-state index in [-0.39, 0.29) is 6.61 Å². The number of benzene rings is 1. The Balaban J connectivity index is 2.58. The molecule has 0 saturated heterocycles. The van der Waals surface area contributed by atoms with E-state index in [9.17, 15) is 4.39 Å². The molecule has 0 aliphatic carbocycles. The zero-order valence-electron chi connectivity index (χ0n) is 10.3. The number of hydrogen-bond donors (Lipinski definition) is 0. The Labute approximate surface area is 106 Å². The Morgan fingerprint density at radius 3 is 2.78 bits per heavy atom. The number of rotatable bonds is 8. The third-order valence-electron chi connectivity index (χ3n) is 2.19. The van der Waals surface area contributed by atoms with Crippen LogP contribution in [-0.2, 0) is 11.3 Å². The van der Waals surface area contributed by atoms with Gasteiger partial charge in [-0.3, -0.25) is 0 Å². The predicted octanol–water partition coefficient (Wildman–Crippen LogP) is 2.47. The van der Waals surface area contributed by atoms with Gasteiger partial charge in [0.15, 0.2) is 11.5 Å². The maximum Gasteiger partial charge on any atom is 0.161 e. The fourth-order valence-corrected chi connectivity index (χ4v) is 1.38. The maximum atomic E-state index is 12.0. The van der Waals surface area contributed by atoms with Crippen LogP contribution >= 0.6 is 0 Å². The molecule has 0 bridgehead atoms. The summed E-state index contributed by atoms with van der Waals surface area (Å²) in [5, 5.41) is 8.37. The van der Waals surface area contributed by atoms with E-state index in [2.05, 4.69) is 0 Å². The second-order valence-corrected chi connectivity index (χ2v) is 3.48. The SMILES string of the molecule is COc1cc(COCCC#N)ccc1OCCF. The quantitative estimate of drug-likeness (QED) is 0.668. The summed E-state index contributed by atoms with van der Waals surface area (Å²) < 4.78 is 27.7. The van der Waals surface area contributed by atoms with Gasteiger partial charge in [0.1, 0.15) is 13.3 Å². The highest BCUT2D eigenvalue weighted by atomic mass is 19.1. The van der Waals surface area contributed by atoms with Crippen LogP contribution in [0.3, 0.4) is 0 Å². The number of ether oxygens (including phenoxy) is 3. The highest BCUT2D eigenvalue weighted by Crippen LogP contribution is 2.28. The molecule has 1 aromatic rings. The summed E-state index contributed by atoms with van der Waals surface area (Å²) in [4.78, 5) is 0. The lowest BCUT2D eigenvalue weighted by Crippen LogP contribution is -2.01. The standard InChI is InChI=1S/C13H16FNO3/c1-16-13-9-11(10-17-7-2-6-15)3-4-12(13)18-8-5-14/h3-4,9H,2,5,7-8,10H2,1H3. The van der Waals surface area contributed by atoms with E-state index in [1.165, 1.54) is 7.11 Å². The topological polar surface area (TPSA) is 51.5 Å². The molecule has 98 valence electrons. The summed E-state index contributed by atoms with van der Waals surface area (Å²) in [5.74, 6) is 1.06. The van der Waals surface area contributed by atoms with Gasteiger partial charge in [-0.2, -0.15) is 5.26 Å². The molecule has 0 heterocycles. The van der Waals surface area contributed by atoms with Crippen molar-refractivity contribution in [3.8, 4) is 17.6 Å². The molecule has 0 aromatic heterocycles. The second kappa shape index (κ2) is 8.31. The van der Waals surface area contributed by atoms with E-state index >= 15 is 0 Å². The zero-order valence-corrected chi connectivity index (χ0v) is 10.3. The molecule has 0 unspecified atom stereocenters. The number of halogens is 1. The summed E-state index contributed by atoms with van der Waals surface area (Å²) in [6, 6.07) is 7.32. The smallest absolute Gasteiger partial charge is 0.161 e. The van der Waals surface area contributed by atoms with E-state index in [4.69, 9.17) is 19.5 Å². The average molecular weight is 253 g/mol. The largest absolute Gasteiger partial charge is 0.493 e. The Morgan fingerprint density at radius 1 is 1.28 bits per heavy atom. The summed E-state index contributed by atoms with van der Waals surface area (Å²) in [7, 11) is 1.53. The van der Waals surface area contributed by atoms with Crippen molar-refractivity contribution in [2.45, 2.75) is 13.0 Å². The van der Waals surface area contributed by atoms with Gasteiger partial charge < -0.3 is 14.2 Å². The van der Waals surface area contributed by atoms with Gasteiger partial charge in [0.2, 0.25) is 0 Å². The minimum atomic E-state index is -0.540. The van der Waals surface area contributed by atoms with Crippen molar-refractivity contribution in [3.05, 3.63) is 23.8 Å². The van der Waals surface area contributed by atoms with Crippen molar-refractivity contribution >= 4 is 0 Å². The molecule has 0 fully saturated rings. The van der Waals surface area contributed by atoms with Gasteiger partial charge in [0.05, 0.1) is 32.8 Å². The summed E-state index contributed by atoms with van der Waals surface area (Å²) in [6.07, 6.45) is 0.370. The normalized spacial score (nSPS) is 9.83. The average Bonchev–Trinajstić information content (AvgIpc) is 2.41. The van der Waals surface area contributed by atoms with Gasteiger partial charge in [-0.05, 0) is 17.7 Å². The third-order valence-corrected chi connectivity index (χ3v) is 2.19. The molecule has 0 amide bonds. The molecule has 0 aliphatic rings. The van der Waals surface area contributed by atoms with Crippen LogP contribution in [-0.4, -0.2) is 27.0 Å². The number of hydrogen-bond acceptors (Lipinski definition) is 4. The van der Waals surface area contributed by atoms with E-state index in [0.29, 0.717) is 31.1 Å². The van der Waals surface area contributed by atoms with Crippen LogP contribution in [0.15, 0.2) is 18.2 Å². The summed E-state index contributed by atoms with van der Waals surface area (Å²) in [5.41, 5.74) is 0.914. The van der Waals surface area contributed by atoms with Crippen LogP contribution < -0.4 is 9.47 Å². The van der Waals surface area contributed by atoms with Gasteiger partial charge >= 0.3 is 0 Å². The maximum absolute atomic E-state index is 12.0. The number of nitrogens with zero attached hydrogens (tertiary/aromatic N) is 1. The monoisotopic (exact) mass is 253 g/mol. The molecule has 1 aromatic carbocycles. The predicted molar refractivity (Wildman–Crippen MR) is 64.4 cm³/mol. The van der Waals surface area contributed by atoms with Crippen molar-refractivity contribution < 1.29 is 18.6 Å². The zero-order chi connectivity index (χ0) is 13.2. The van der Waals surface area contributed by atoms with Gasteiger partial charge in [-0.15, -0.1) is 0 Å². The van der Waals surface area contributed by atoms with E-state index in [1.807, 2.05) is 12.1 Å². The fraction of sp³-hybridized carbons (Fsp3) is 0.462. The molecular weight excluding hydrogens is 237 g/mol. The van der Waals surface area contributed by atoms with E-state index in [0.717, 1.165) is 5.56 Å². The molecule has 0 aliphatic heterocycles. The van der Waals surface area contributed by atoms with Gasteiger partial charge in [-0.25, -0.2) is 4.39 Å². The Bertz CT molecular complexity index is 404. The molecular formula is C13H16FNO3. The first-order valence-electron chi connectivity index (χ1n) is 5.62. The lowest BCUT2D eigenvalue weighted by molar-refractivity contribution is 0.126. The van der Waals surface area contributed by atoms with Crippen molar-refractivity contribution in [1.82, 2.24) is 0 Å². The first-order chi connectivity index (χ1) is 8.81. The number of methoxy groups -OCH3 is 1. The lowest BCUT2D eigenvalue weighted by atomic mass is 10.2. The minimum Gasteiger partial charge on any atom is -0.493 e. The Kier molecular flexibility index (Phi) is 6.59. The van der Waals surface area contributed by atoms with E-state index < -0.39 is 6.67 Å². The van der Waals surface area contributed by atoms with Gasteiger partial charge in [0.25, 0.3) is 0 Å². The van der Waals surface area contributed by atoms with Crippen LogP contribution in [0.4, 0.5) is 4.39 Å². The van der Waals surface area contributed by atoms with Crippen molar-refractivity contribution in [1.29, 1.82) is 5.26 Å². The molecule has 0 N–H and O–H groups in total. The second-order valence-electron chi connectivity index (χ2n) is 3.48. The summed E-state index contributed by atoms with van der Waals surface area (Å²) in [6.45, 7) is 0.275. The fourth-order valence-electron chi connectivity index (χ4n) is 1.38. The summed E-state index contributed by atoms with van der Waals surface area (Å²) >= 11 is 0. The van der Waals surface area contributed by atoms with Crippen LogP contribution in [0, 0.1) is 11.3 Å². The molecule has 0 saturated carbocycles. The third kappa shape index (κ3) is 4.60. The Morgan fingerprint density at radius 2 is 2.11 bits per heavy atom. The van der Waals surface area contributed by atoms with Crippen molar-refractivity contribution in [2.75, 3.05) is 27.0 Å². The number of alkyl halides is 1. The van der Waals surface area contributed by atoms with Crippen LogP contribution in [0.25, 0.3) is 0 Å². The molecule has 4 nitrogen and oxygen atoms in total. The molecule has 18 heavy (non-hydrogen) atoms. The molecule has 0 spiro atoms. The molecule has 5 heteroatoms. The van der Waals surface area contributed by atoms with Crippen molar-refractivity contribution in [3.63, 3.8) is 0 Å². The lowest BCUT2D eigenvalue weighted by Gasteiger charge is -2.11. The Hall–Kier alpha value is -1.80. The van der Waals surface area contributed by atoms with E-state index in [1.54, 1.807) is 12.1 Å². The van der Waals surface area contributed by atoms with Crippen LogP contribution in [0.5, 0.6) is 11.5 Å².